The molecule has 1 saturated heterocycles. The third kappa shape index (κ3) is 4.84. The summed E-state index contributed by atoms with van der Waals surface area (Å²) in [5.74, 6) is 0.555. The molecule has 94 valence electrons. The van der Waals surface area contributed by atoms with Gasteiger partial charge in [0.2, 0.25) is 0 Å². The SMILES string of the molecule is C[C@@H](NC(=O)NC(C)(C)C)[C@H]1CCCNC1. The van der Waals surface area contributed by atoms with E-state index in [9.17, 15) is 4.79 Å². The number of rotatable bonds is 2. The summed E-state index contributed by atoms with van der Waals surface area (Å²) in [6.07, 6.45) is 2.40. The molecule has 1 aliphatic heterocycles. The molecule has 4 nitrogen and oxygen atoms in total. The molecular formula is C12H25N3O. The number of hydrogen-bond acceptors (Lipinski definition) is 2. The minimum Gasteiger partial charge on any atom is -0.335 e. The second kappa shape index (κ2) is 5.53. The van der Waals surface area contributed by atoms with E-state index in [0.717, 1.165) is 13.1 Å². The molecule has 0 aromatic rings. The summed E-state index contributed by atoms with van der Waals surface area (Å²) in [6, 6.07) is 0.167. The van der Waals surface area contributed by atoms with Gasteiger partial charge in [0.05, 0.1) is 0 Å². The standard InChI is InChI=1S/C12H25N3O/c1-9(10-6-5-7-13-8-10)14-11(16)15-12(2,3)4/h9-10,13H,5-8H2,1-4H3,(H2,14,15,16)/t9-,10+/m1/s1. The van der Waals surface area contributed by atoms with Crippen LogP contribution in [-0.4, -0.2) is 30.7 Å². The summed E-state index contributed by atoms with van der Waals surface area (Å²) in [5.41, 5.74) is -0.172. The third-order valence-corrected chi connectivity index (χ3v) is 2.89. The van der Waals surface area contributed by atoms with Gasteiger partial charge in [0, 0.05) is 11.6 Å². The van der Waals surface area contributed by atoms with Crippen molar-refractivity contribution in [3.8, 4) is 0 Å². The van der Waals surface area contributed by atoms with Crippen molar-refractivity contribution in [1.29, 1.82) is 0 Å². The molecule has 0 aliphatic carbocycles. The molecule has 0 aromatic heterocycles. The molecule has 1 fully saturated rings. The first-order chi connectivity index (χ1) is 7.38. The second-order valence-corrected chi connectivity index (χ2v) is 5.74. The number of nitrogens with one attached hydrogen (secondary N) is 3. The molecule has 1 heterocycles. The molecule has 16 heavy (non-hydrogen) atoms. The van der Waals surface area contributed by atoms with Crippen LogP contribution in [0.3, 0.4) is 0 Å². The highest BCUT2D eigenvalue weighted by molar-refractivity contribution is 5.74. The normalized spacial score (nSPS) is 23.6. The molecule has 0 aromatic carbocycles. The predicted octanol–water partition coefficient (Wildman–Crippen LogP) is 1.47. The van der Waals surface area contributed by atoms with Crippen LogP contribution in [-0.2, 0) is 0 Å². The number of amides is 2. The van der Waals surface area contributed by atoms with Crippen molar-refractivity contribution in [2.45, 2.75) is 52.1 Å². The molecule has 2 amide bonds. The fourth-order valence-corrected chi connectivity index (χ4v) is 2.01. The summed E-state index contributed by atoms with van der Waals surface area (Å²) < 4.78 is 0. The maximum atomic E-state index is 11.7. The van der Waals surface area contributed by atoms with Gasteiger partial charge in [-0.15, -0.1) is 0 Å². The highest BCUT2D eigenvalue weighted by Crippen LogP contribution is 2.14. The van der Waals surface area contributed by atoms with Gasteiger partial charge >= 0.3 is 6.03 Å². The van der Waals surface area contributed by atoms with Gasteiger partial charge in [0.1, 0.15) is 0 Å². The van der Waals surface area contributed by atoms with Crippen LogP contribution in [0, 0.1) is 5.92 Å². The van der Waals surface area contributed by atoms with Crippen molar-refractivity contribution in [3.63, 3.8) is 0 Å². The average Bonchev–Trinajstić information content (AvgIpc) is 2.16. The van der Waals surface area contributed by atoms with Crippen molar-refractivity contribution in [2.24, 2.45) is 5.92 Å². The number of carbonyl (C=O) groups is 1. The Morgan fingerprint density at radius 3 is 2.62 bits per heavy atom. The number of carbonyl (C=O) groups excluding carboxylic acids is 1. The van der Waals surface area contributed by atoms with Crippen molar-refractivity contribution >= 4 is 6.03 Å². The Hall–Kier alpha value is -0.770. The highest BCUT2D eigenvalue weighted by Gasteiger charge is 2.22. The molecule has 4 heteroatoms. The third-order valence-electron chi connectivity index (χ3n) is 2.89. The molecule has 2 atom stereocenters. The van der Waals surface area contributed by atoms with Crippen LogP contribution in [0.15, 0.2) is 0 Å². The zero-order chi connectivity index (χ0) is 12.2. The Labute approximate surface area is 98.6 Å². The second-order valence-electron chi connectivity index (χ2n) is 5.74. The molecule has 0 spiro atoms. The van der Waals surface area contributed by atoms with E-state index in [0.29, 0.717) is 5.92 Å². The average molecular weight is 227 g/mol. The largest absolute Gasteiger partial charge is 0.335 e. The van der Waals surface area contributed by atoms with Gasteiger partial charge in [0.15, 0.2) is 0 Å². The lowest BCUT2D eigenvalue weighted by Crippen LogP contribution is -2.52. The fraction of sp³-hybridized carbons (Fsp3) is 0.917. The van der Waals surface area contributed by atoms with Crippen molar-refractivity contribution < 1.29 is 4.79 Å². The monoisotopic (exact) mass is 227 g/mol. The lowest BCUT2D eigenvalue weighted by molar-refractivity contribution is 0.219. The fourth-order valence-electron chi connectivity index (χ4n) is 2.01. The van der Waals surface area contributed by atoms with Crippen LogP contribution >= 0.6 is 0 Å². The first kappa shape index (κ1) is 13.3. The van der Waals surface area contributed by atoms with Crippen molar-refractivity contribution in [2.75, 3.05) is 13.1 Å². The number of hydrogen-bond donors (Lipinski definition) is 3. The Kier molecular flexibility index (Phi) is 4.59. The Morgan fingerprint density at radius 1 is 1.44 bits per heavy atom. The van der Waals surface area contributed by atoms with Gasteiger partial charge in [-0.25, -0.2) is 4.79 Å². The van der Waals surface area contributed by atoms with E-state index in [2.05, 4.69) is 22.9 Å². The lowest BCUT2D eigenvalue weighted by atomic mass is 9.93. The van der Waals surface area contributed by atoms with E-state index < -0.39 is 0 Å². The van der Waals surface area contributed by atoms with Gasteiger partial charge in [0.25, 0.3) is 0 Å². The molecule has 0 saturated carbocycles. The Morgan fingerprint density at radius 2 is 2.12 bits per heavy atom. The minimum atomic E-state index is -0.172. The van der Waals surface area contributed by atoms with Crippen LogP contribution in [0.1, 0.15) is 40.5 Å². The first-order valence-electron chi connectivity index (χ1n) is 6.18. The summed E-state index contributed by atoms with van der Waals surface area (Å²) >= 11 is 0. The molecule has 0 radical (unpaired) electrons. The van der Waals surface area contributed by atoms with Gasteiger partial charge < -0.3 is 16.0 Å². The van der Waals surface area contributed by atoms with Gasteiger partial charge in [-0.1, -0.05) is 0 Å². The maximum Gasteiger partial charge on any atom is 0.315 e. The topological polar surface area (TPSA) is 53.2 Å². The van der Waals surface area contributed by atoms with Crippen LogP contribution in [0.2, 0.25) is 0 Å². The molecular weight excluding hydrogens is 202 g/mol. The molecule has 1 aliphatic rings. The van der Waals surface area contributed by atoms with E-state index in [-0.39, 0.29) is 17.6 Å². The number of urea groups is 1. The van der Waals surface area contributed by atoms with Crippen LogP contribution < -0.4 is 16.0 Å². The predicted molar refractivity (Wildman–Crippen MR) is 66.5 cm³/mol. The zero-order valence-corrected chi connectivity index (χ0v) is 10.9. The smallest absolute Gasteiger partial charge is 0.315 e. The zero-order valence-electron chi connectivity index (χ0n) is 10.9. The van der Waals surface area contributed by atoms with Crippen LogP contribution in [0.4, 0.5) is 4.79 Å². The Bertz CT molecular complexity index is 229. The van der Waals surface area contributed by atoms with Crippen molar-refractivity contribution in [3.05, 3.63) is 0 Å². The summed E-state index contributed by atoms with van der Waals surface area (Å²) in [5, 5.41) is 9.30. The highest BCUT2D eigenvalue weighted by atomic mass is 16.2. The number of piperidine rings is 1. The summed E-state index contributed by atoms with van der Waals surface area (Å²) in [7, 11) is 0. The summed E-state index contributed by atoms with van der Waals surface area (Å²) in [4.78, 5) is 11.7. The van der Waals surface area contributed by atoms with Crippen molar-refractivity contribution in [1.82, 2.24) is 16.0 Å². The van der Waals surface area contributed by atoms with E-state index in [1.807, 2.05) is 20.8 Å². The van der Waals surface area contributed by atoms with E-state index in [4.69, 9.17) is 0 Å². The molecule has 1 rings (SSSR count). The van der Waals surface area contributed by atoms with Crippen LogP contribution in [0.5, 0.6) is 0 Å². The molecule has 0 unspecified atom stereocenters. The van der Waals surface area contributed by atoms with E-state index >= 15 is 0 Å². The van der Waals surface area contributed by atoms with Gasteiger partial charge in [-0.3, -0.25) is 0 Å². The molecule has 3 N–H and O–H groups in total. The van der Waals surface area contributed by atoms with Gasteiger partial charge in [-0.05, 0) is 59.5 Å². The summed E-state index contributed by atoms with van der Waals surface area (Å²) in [6.45, 7) is 10.2. The van der Waals surface area contributed by atoms with E-state index in [1.165, 1.54) is 12.8 Å². The van der Waals surface area contributed by atoms with E-state index in [1.54, 1.807) is 0 Å². The molecule has 0 bridgehead atoms. The first-order valence-corrected chi connectivity index (χ1v) is 6.18. The Balaban J connectivity index is 2.32. The lowest BCUT2D eigenvalue weighted by Gasteiger charge is -2.30. The minimum absolute atomic E-state index is 0.0643. The van der Waals surface area contributed by atoms with Crippen LogP contribution in [0.25, 0.3) is 0 Å². The maximum absolute atomic E-state index is 11.7. The van der Waals surface area contributed by atoms with Gasteiger partial charge in [-0.2, -0.15) is 0 Å². The quantitative estimate of drug-likeness (QED) is 0.669.